The third-order valence-corrected chi connectivity index (χ3v) is 3.80. The normalized spacial score (nSPS) is 10.6. The lowest BCUT2D eigenvalue weighted by Crippen LogP contribution is -2.15. The Morgan fingerprint density at radius 3 is 2.62 bits per heavy atom. The summed E-state index contributed by atoms with van der Waals surface area (Å²) in [6.07, 6.45) is 1.81. The Bertz CT molecular complexity index is 628. The molecule has 0 bridgehead atoms. The first-order valence-corrected chi connectivity index (χ1v) is 8.40. The molecular weight excluding hydrogens is 302 g/mol. The van der Waals surface area contributed by atoms with Gasteiger partial charge >= 0.3 is 0 Å². The molecule has 130 valence electrons. The number of unbranched alkanes of at least 4 members (excludes halogenated alkanes) is 1. The van der Waals surface area contributed by atoms with E-state index < -0.39 is 0 Å². The largest absolute Gasteiger partial charge is 0.493 e. The molecule has 2 rings (SSSR count). The fourth-order valence-electron chi connectivity index (χ4n) is 2.50. The van der Waals surface area contributed by atoms with Crippen molar-refractivity contribution in [3.05, 3.63) is 59.2 Å². The molecule has 2 aromatic rings. The van der Waals surface area contributed by atoms with E-state index in [1.165, 1.54) is 5.56 Å². The summed E-state index contributed by atoms with van der Waals surface area (Å²) in [6.45, 7) is 4.53. The number of hydrogen-bond acceptors (Lipinski definition) is 4. The van der Waals surface area contributed by atoms with Gasteiger partial charge in [0.2, 0.25) is 0 Å². The van der Waals surface area contributed by atoms with Crippen LogP contribution in [0.25, 0.3) is 0 Å². The number of ether oxygens (including phenoxy) is 2. The lowest BCUT2D eigenvalue weighted by molar-refractivity contribution is 0.283. The summed E-state index contributed by atoms with van der Waals surface area (Å²) in [5, 5.41) is 12.1. The summed E-state index contributed by atoms with van der Waals surface area (Å²) in [4.78, 5) is 0. The van der Waals surface area contributed by atoms with Crippen molar-refractivity contribution in [3.8, 4) is 11.5 Å². The molecule has 0 aliphatic heterocycles. The van der Waals surface area contributed by atoms with Gasteiger partial charge in [0.1, 0.15) is 6.61 Å². The van der Waals surface area contributed by atoms with E-state index in [0.717, 1.165) is 48.6 Å². The summed E-state index contributed by atoms with van der Waals surface area (Å²) in [5.74, 6) is 1.50. The average Bonchev–Trinajstić information content (AvgIpc) is 2.60. The Balaban J connectivity index is 1.91. The molecule has 24 heavy (non-hydrogen) atoms. The van der Waals surface area contributed by atoms with E-state index in [1.807, 2.05) is 24.3 Å². The van der Waals surface area contributed by atoms with Gasteiger partial charge in [-0.2, -0.15) is 0 Å². The van der Waals surface area contributed by atoms with Crippen LogP contribution in [0.3, 0.4) is 0 Å². The standard InChI is InChI=1S/C20H27NO3/c1-16-6-5-7-18(12-16)15-24-19-9-8-17(13-20(19)23-2)14-21-10-3-4-11-22/h5-9,12-13,21-22H,3-4,10-11,14-15H2,1-2H3. The zero-order valence-corrected chi connectivity index (χ0v) is 14.5. The molecule has 0 aliphatic rings. The van der Waals surface area contributed by atoms with E-state index in [1.54, 1.807) is 7.11 Å². The molecule has 0 spiro atoms. The minimum absolute atomic E-state index is 0.252. The molecule has 0 atom stereocenters. The van der Waals surface area contributed by atoms with Gasteiger partial charge in [0.05, 0.1) is 7.11 Å². The summed E-state index contributed by atoms with van der Waals surface area (Å²) >= 11 is 0. The van der Waals surface area contributed by atoms with Gasteiger partial charge < -0.3 is 19.9 Å². The first-order chi connectivity index (χ1) is 11.7. The van der Waals surface area contributed by atoms with E-state index in [0.29, 0.717) is 6.61 Å². The van der Waals surface area contributed by atoms with Crippen molar-refractivity contribution < 1.29 is 14.6 Å². The number of aryl methyl sites for hydroxylation is 1. The molecule has 0 aliphatic carbocycles. The van der Waals surface area contributed by atoms with Crippen molar-refractivity contribution in [2.45, 2.75) is 32.9 Å². The molecule has 2 N–H and O–H groups in total. The predicted molar refractivity (Wildman–Crippen MR) is 96.5 cm³/mol. The highest BCUT2D eigenvalue weighted by Gasteiger charge is 2.06. The van der Waals surface area contributed by atoms with Gasteiger partial charge in [0.25, 0.3) is 0 Å². The monoisotopic (exact) mass is 329 g/mol. The molecule has 0 saturated heterocycles. The van der Waals surface area contributed by atoms with E-state index >= 15 is 0 Å². The number of aliphatic hydroxyl groups is 1. The second-order valence-corrected chi connectivity index (χ2v) is 5.87. The number of hydrogen-bond donors (Lipinski definition) is 2. The summed E-state index contributed by atoms with van der Waals surface area (Å²) < 4.78 is 11.4. The van der Waals surface area contributed by atoms with Gasteiger partial charge in [-0.3, -0.25) is 0 Å². The lowest BCUT2D eigenvalue weighted by atomic mass is 10.1. The van der Waals surface area contributed by atoms with E-state index in [-0.39, 0.29) is 6.61 Å². The maximum atomic E-state index is 8.77. The minimum atomic E-state index is 0.252. The van der Waals surface area contributed by atoms with Gasteiger partial charge in [-0.05, 0) is 49.6 Å². The summed E-state index contributed by atoms with van der Waals surface area (Å²) in [5.41, 5.74) is 3.52. The maximum Gasteiger partial charge on any atom is 0.161 e. The minimum Gasteiger partial charge on any atom is -0.493 e. The molecule has 0 saturated carbocycles. The van der Waals surface area contributed by atoms with Crippen molar-refractivity contribution in [2.75, 3.05) is 20.3 Å². The van der Waals surface area contributed by atoms with Crippen molar-refractivity contribution in [1.29, 1.82) is 0 Å². The first kappa shape index (κ1) is 18.3. The Morgan fingerprint density at radius 2 is 1.88 bits per heavy atom. The number of methoxy groups -OCH3 is 1. The Hall–Kier alpha value is -2.04. The lowest BCUT2D eigenvalue weighted by Gasteiger charge is -2.13. The molecule has 0 fully saturated rings. The number of rotatable bonds is 10. The second-order valence-electron chi connectivity index (χ2n) is 5.87. The second kappa shape index (κ2) is 9.96. The van der Waals surface area contributed by atoms with Crippen molar-refractivity contribution in [2.24, 2.45) is 0 Å². The van der Waals surface area contributed by atoms with Gasteiger partial charge in [-0.15, -0.1) is 0 Å². The van der Waals surface area contributed by atoms with Crippen LogP contribution in [0.4, 0.5) is 0 Å². The SMILES string of the molecule is COc1cc(CNCCCCO)ccc1OCc1cccc(C)c1. The highest BCUT2D eigenvalue weighted by atomic mass is 16.5. The average molecular weight is 329 g/mol. The van der Waals surface area contributed by atoms with E-state index in [4.69, 9.17) is 14.6 Å². The maximum absolute atomic E-state index is 8.77. The molecule has 0 amide bonds. The van der Waals surface area contributed by atoms with Crippen LogP contribution in [0.5, 0.6) is 11.5 Å². The van der Waals surface area contributed by atoms with Gasteiger partial charge in [0.15, 0.2) is 11.5 Å². The fourth-order valence-corrected chi connectivity index (χ4v) is 2.50. The van der Waals surface area contributed by atoms with Crippen LogP contribution in [-0.2, 0) is 13.2 Å². The summed E-state index contributed by atoms with van der Waals surface area (Å²) in [6, 6.07) is 14.3. The van der Waals surface area contributed by atoms with Crippen LogP contribution in [-0.4, -0.2) is 25.4 Å². The topological polar surface area (TPSA) is 50.7 Å². The van der Waals surface area contributed by atoms with Crippen molar-refractivity contribution in [3.63, 3.8) is 0 Å². The molecule has 0 heterocycles. The van der Waals surface area contributed by atoms with Crippen LogP contribution in [0.1, 0.15) is 29.5 Å². The zero-order valence-electron chi connectivity index (χ0n) is 14.5. The zero-order chi connectivity index (χ0) is 17.2. The van der Waals surface area contributed by atoms with Crippen LogP contribution in [0, 0.1) is 6.92 Å². The van der Waals surface area contributed by atoms with Gasteiger partial charge in [-0.25, -0.2) is 0 Å². The Kier molecular flexibility index (Phi) is 7.59. The highest BCUT2D eigenvalue weighted by molar-refractivity contribution is 5.43. The number of benzene rings is 2. The van der Waals surface area contributed by atoms with Crippen LogP contribution >= 0.6 is 0 Å². The third kappa shape index (κ3) is 5.87. The fraction of sp³-hybridized carbons (Fsp3) is 0.400. The predicted octanol–water partition coefficient (Wildman–Crippen LogP) is 3.44. The Morgan fingerprint density at radius 1 is 1.00 bits per heavy atom. The molecule has 2 aromatic carbocycles. The van der Waals surface area contributed by atoms with Crippen molar-refractivity contribution >= 4 is 0 Å². The van der Waals surface area contributed by atoms with Gasteiger partial charge in [0, 0.05) is 13.2 Å². The van der Waals surface area contributed by atoms with Crippen LogP contribution in [0.2, 0.25) is 0 Å². The van der Waals surface area contributed by atoms with Crippen molar-refractivity contribution in [1.82, 2.24) is 5.32 Å². The quantitative estimate of drug-likeness (QED) is 0.656. The first-order valence-electron chi connectivity index (χ1n) is 8.40. The van der Waals surface area contributed by atoms with E-state index in [2.05, 4.69) is 30.4 Å². The van der Waals surface area contributed by atoms with Crippen LogP contribution in [0.15, 0.2) is 42.5 Å². The molecule has 0 aromatic heterocycles. The molecule has 0 unspecified atom stereocenters. The van der Waals surface area contributed by atoms with Gasteiger partial charge in [-0.1, -0.05) is 35.9 Å². The molecular formula is C20H27NO3. The molecule has 0 radical (unpaired) electrons. The number of aliphatic hydroxyl groups excluding tert-OH is 1. The molecule has 4 heteroatoms. The third-order valence-electron chi connectivity index (χ3n) is 3.80. The smallest absolute Gasteiger partial charge is 0.161 e. The van der Waals surface area contributed by atoms with E-state index in [9.17, 15) is 0 Å². The highest BCUT2D eigenvalue weighted by Crippen LogP contribution is 2.28. The number of nitrogens with one attached hydrogen (secondary N) is 1. The molecule has 4 nitrogen and oxygen atoms in total. The van der Waals surface area contributed by atoms with Crippen LogP contribution < -0.4 is 14.8 Å². The summed E-state index contributed by atoms with van der Waals surface area (Å²) in [7, 11) is 1.66. The Labute approximate surface area is 144 Å².